The van der Waals surface area contributed by atoms with Crippen LogP contribution in [0.2, 0.25) is 0 Å². The molecule has 4 aromatic heterocycles. The smallest absolute Gasteiger partial charge is 0.260 e. The lowest BCUT2D eigenvalue weighted by molar-refractivity contribution is 0.0947. The lowest BCUT2D eigenvalue weighted by Gasteiger charge is -2.07. The van der Waals surface area contributed by atoms with Crippen molar-refractivity contribution in [2.24, 2.45) is 0 Å². The van der Waals surface area contributed by atoms with Gasteiger partial charge < -0.3 is 25.4 Å². The van der Waals surface area contributed by atoms with E-state index in [9.17, 15) is 19.8 Å². The van der Waals surface area contributed by atoms with E-state index in [1.54, 1.807) is 60.1 Å². The van der Waals surface area contributed by atoms with Crippen molar-refractivity contribution in [3.05, 3.63) is 114 Å². The van der Waals surface area contributed by atoms with E-state index in [-0.39, 0.29) is 34.4 Å². The van der Waals surface area contributed by atoms with Gasteiger partial charge in [-0.25, -0.2) is 4.98 Å². The van der Waals surface area contributed by atoms with Crippen molar-refractivity contribution in [2.45, 2.75) is 6.54 Å². The Labute approximate surface area is 247 Å². The number of amides is 2. The van der Waals surface area contributed by atoms with E-state index in [2.05, 4.69) is 35.3 Å². The number of carbonyl (C=O) groups is 2. The van der Waals surface area contributed by atoms with Crippen molar-refractivity contribution >= 4 is 61.0 Å². The molecule has 0 fully saturated rings. The highest BCUT2D eigenvalue weighted by atomic mass is 32.1. The number of aromatic hydroxyl groups is 2. The first-order chi connectivity index (χ1) is 21.0. The molecule has 2 amide bonds. The molecule has 0 spiro atoms. The third-order valence-electron chi connectivity index (χ3n) is 6.40. The molecule has 4 N–H and O–H groups in total. The molecule has 0 aliphatic heterocycles. The minimum Gasteiger partial charge on any atom is -0.505 e. The molecule has 11 nitrogen and oxygen atoms in total. The Kier molecular flexibility index (Phi) is 7.57. The highest BCUT2D eigenvalue weighted by Gasteiger charge is 2.16. The van der Waals surface area contributed by atoms with E-state index in [0.29, 0.717) is 17.6 Å². The largest absolute Gasteiger partial charge is 0.505 e. The molecule has 0 radical (unpaired) electrons. The van der Waals surface area contributed by atoms with Gasteiger partial charge >= 0.3 is 0 Å². The van der Waals surface area contributed by atoms with Crippen molar-refractivity contribution in [3.63, 3.8) is 0 Å². The number of aromatic nitrogens is 4. The highest BCUT2D eigenvalue weighted by Crippen LogP contribution is 2.28. The molecule has 0 bridgehead atoms. The molecule has 4 heterocycles. The summed E-state index contributed by atoms with van der Waals surface area (Å²) in [6.07, 6.45) is 4.49. The molecular weight excluding hydrogens is 568 g/mol. The number of rotatable bonds is 5. The fraction of sp³-hybridized carbons (Fsp3) is 0.0323. The zero-order valence-electron chi connectivity index (χ0n) is 22.3. The molecule has 0 unspecified atom stereocenters. The Bertz CT molecular complexity index is 2060. The van der Waals surface area contributed by atoms with E-state index < -0.39 is 5.91 Å². The van der Waals surface area contributed by atoms with Crippen LogP contribution in [-0.4, -0.2) is 42.1 Å². The molecule has 0 aliphatic rings. The van der Waals surface area contributed by atoms with Crippen LogP contribution in [0.5, 0.6) is 11.5 Å². The number of pyridine rings is 2. The fourth-order valence-corrected chi connectivity index (χ4v) is 5.24. The fourth-order valence-electron chi connectivity index (χ4n) is 4.33. The lowest BCUT2D eigenvalue weighted by atomic mass is 10.1. The zero-order chi connectivity index (χ0) is 29.8. The normalized spacial score (nSPS) is 10.8. The summed E-state index contributed by atoms with van der Waals surface area (Å²) in [4.78, 5) is 37.0. The number of fused-ring (bicyclic) bond motifs is 3. The van der Waals surface area contributed by atoms with E-state index in [1.807, 2.05) is 30.3 Å². The van der Waals surface area contributed by atoms with Crippen LogP contribution in [0.4, 0.5) is 5.82 Å². The first-order valence-electron chi connectivity index (χ1n) is 13.0. The number of anilines is 1. The van der Waals surface area contributed by atoms with Gasteiger partial charge in [-0.1, -0.05) is 41.6 Å². The minimum atomic E-state index is -0.473. The monoisotopic (exact) mass is 590 g/mol. The van der Waals surface area contributed by atoms with E-state index >= 15 is 0 Å². The lowest BCUT2D eigenvalue weighted by Crippen LogP contribution is -2.22. The van der Waals surface area contributed by atoms with Crippen molar-refractivity contribution in [1.29, 1.82) is 0 Å². The topological polar surface area (TPSA) is 163 Å². The summed E-state index contributed by atoms with van der Waals surface area (Å²) in [7, 11) is 0. The molecule has 0 saturated heterocycles. The number of benzene rings is 3. The van der Waals surface area contributed by atoms with Gasteiger partial charge in [-0.15, -0.1) is 11.3 Å². The average molecular weight is 591 g/mol. The summed E-state index contributed by atoms with van der Waals surface area (Å²) in [5, 5.41) is 31.6. The predicted molar refractivity (Wildman–Crippen MR) is 162 cm³/mol. The summed E-state index contributed by atoms with van der Waals surface area (Å²) in [6, 6.07) is 23.2. The van der Waals surface area contributed by atoms with E-state index in [1.165, 1.54) is 18.4 Å². The summed E-state index contributed by atoms with van der Waals surface area (Å²) in [5.41, 5.74) is 2.07. The number of phenolic OH excluding ortho intramolecular Hbond substituents is 2. The first-order valence-corrected chi connectivity index (χ1v) is 13.8. The number of carbonyl (C=O) groups excluding carboxylic acids is 2. The molecule has 43 heavy (non-hydrogen) atoms. The Hall–Kier alpha value is -5.88. The predicted octanol–water partition coefficient (Wildman–Crippen LogP) is 5.66. The molecular formula is C31H22N6O5S. The minimum absolute atomic E-state index is 0.102. The zero-order valence-corrected chi connectivity index (χ0v) is 23.1. The highest BCUT2D eigenvalue weighted by molar-refractivity contribution is 7.18. The number of phenols is 2. The quantitative estimate of drug-likeness (QED) is 0.198. The maximum Gasteiger partial charge on any atom is 0.260 e. The first kappa shape index (κ1) is 27.3. The van der Waals surface area contributed by atoms with Crippen molar-refractivity contribution in [3.8, 4) is 11.5 Å². The molecule has 7 rings (SSSR count). The summed E-state index contributed by atoms with van der Waals surface area (Å²) in [6.45, 7) is 0.317. The Morgan fingerprint density at radius 1 is 0.767 bits per heavy atom. The summed E-state index contributed by atoms with van der Waals surface area (Å²) >= 11 is 1.54. The van der Waals surface area contributed by atoms with Gasteiger partial charge in [-0.2, -0.15) is 0 Å². The van der Waals surface area contributed by atoms with Gasteiger partial charge in [0.1, 0.15) is 22.3 Å². The van der Waals surface area contributed by atoms with Crippen LogP contribution >= 0.6 is 11.3 Å². The molecule has 0 atom stereocenters. The van der Waals surface area contributed by atoms with Gasteiger partial charge in [0.2, 0.25) is 0 Å². The van der Waals surface area contributed by atoms with Crippen LogP contribution in [0.3, 0.4) is 0 Å². The number of nitrogens with one attached hydrogen (secondary N) is 2. The van der Waals surface area contributed by atoms with Crippen molar-refractivity contribution in [1.82, 2.24) is 25.4 Å². The Morgan fingerprint density at radius 3 is 2.05 bits per heavy atom. The third kappa shape index (κ3) is 5.80. The molecule has 0 saturated carbocycles. The molecule has 3 aromatic carbocycles. The van der Waals surface area contributed by atoms with E-state index in [4.69, 9.17) is 0 Å². The number of thiazole rings is 1. The SMILES string of the molecule is O=C(NCc1nc2ccccc2s1)c1ccc2cccnc2c1O.O=C(Nc1ccon1)c1ccc2cccnc2c1O. The van der Waals surface area contributed by atoms with Crippen molar-refractivity contribution < 1.29 is 24.3 Å². The maximum atomic E-state index is 12.4. The van der Waals surface area contributed by atoms with Crippen LogP contribution in [0.1, 0.15) is 25.7 Å². The van der Waals surface area contributed by atoms with Crippen LogP contribution < -0.4 is 10.6 Å². The Morgan fingerprint density at radius 2 is 1.42 bits per heavy atom. The third-order valence-corrected chi connectivity index (χ3v) is 7.44. The summed E-state index contributed by atoms with van der Waals surface area (Å²) in [5.74, 6) is -0.794. The van der Waals surface area contributed by atoms with Gasteiger partial charge in [-0.3, -0.25) is 19.6 Å². The Balaban J connectivity index is 0.000000157. The van der Waals surface area contributed by atoms with Crippen LogP contribution in [0, 0.1) is 0 Å². The van der Waals surface area contributed by atoms with Crippen LogP contribution in [0.25, 0.3) is 32.0 Å². The molecule has 12 heteroatoms. The second-order valence-electron chi connectivity index (χ2n) is 9.17. The molecule has 7 aromatic rings. The standard InChI is InChI=1S/C18H13N3O2S.C13H9N3O3/c22-17-12(8-7-11-4-3-9-19-16(11)17)18(23)20-10-15-21-13-5-1-2-6-14(13)24-15;17-12-9(13(18)15-10-5-7-19-16-10)4-3-8-2-1-6-14-11(8)12/h1-9,22H,10H2,(H,20,23);1-7,17H,(H,15,16,18). The second-order valence-corrected chi connectivity index (χ2v) is 10.3. The molecule has 0 aliphatic carbocycles. The van der Waals surface area contributed by atoms with Crippen LogP contribution in [-0.2, 0) is 6.54 Å². The maximum absolute atomic E-state index is 12.4. The van der Waals surface area contributed by atoms with Crippen molar-refractivity contribution in [2.75, 3.05) is 5.32 Å². The summed E-state index contributed by atoms with van der Waals surface area (Å²) < 4.78 is 5.70. The van der Waals surface area contributed by atoms with Gasteiger partial charge in [-0.05, 0) is 36.4 Å². The number of hydrogen-bond acceptors (Lipinski definition) is 10. The van der Waals surface area contributed by atoms with Gasteiger partial charge in [0.25, 0.3) is 11.8 Å². The van der Waals surface area contributed by atoms with Gasteiger partial charge in [0.05, 0.1) is 27.9 Å². The van der Waals surface area contributed by atoms with Gasteiger partial charge in [0, 0.05) is 29.2 Å². The van der Waals surface area contributed by atoms with Gasteiger partial charge in [0.15, 0.2) is 17.3 Å². The van der Waals surface area contributed by atoms with Crippen LogP contribution in [0.15, 0.2) is 102 Å². The number of hydrogen-bond donors (Lipinski definition) is 4. The average Bonchev–Trinajstić information content (AvgIpc) is 3.70. The number of nitrogens with zero attached hydrogens (tertiary/aromatic N) is 4. The molecule has 212 valence electrons. The van der Waals surface area contributed by atoms with E-state index in [0.717, 1.165) is 26.0 Å². The second kappa shape index (κ2) is 11.9. The number of para-hydroxylation sites is 1.